The molecule has 5 heteroatoms. The van der Waals surface area contributed by atoms with Gasteiger partial charge in [-0.2, -0.15) is 5.26 Å². The zero-order valence-corrected chi connectivity index (χ0v) is 7.21. The van der Waals surface area contributed by atoms with E-state index in [1.807, 2.05) is 6.92 Å². The number of rotatable bonds is 5. The molecular weight excluding hydrogens is 166 g/mol. The van der Waals surface area contributed by atoms with E-state index in [4.69, 9.17) is 5.26 Å². The average molecular weight is 177 g/mol. The van der Waals surface area contributed by atoms with Crippen LogP contribution < -0.4 is 0 Å². The van der Waals surface area contributed by atoms with Gasteiger partial charge in [0.1, 0.15) is 0 Å². The van der Waals surface area contributed by atoms with Crippen molar-refractivity contribution in [3.05, 3.63) is 0 Å². The maximum Gasteiger partial charge on any atom is 0.258 e. The Kier molecular flexibility index (Phi) is 5.80. The minimum Gasteiger partial charge on any atom is -0.253 e. The minimum absolute atomic E-state index is 0.482. The van der Waals surface area contributed by atoms with Crippen molar-refractivity contribution < 1.29 is 12.6 Å². The molecule has 0 aromatic carbocycles. The predicted molar refractivity (Wildman–Crippen MR) is 40.3 cm³/mol. The Morgan fingerprint density at radius 1 is 1.64 bits per heavy atom. The van der Waals surface area contributed by atoms with Crippen LogP contribution in [0.3, 0.4) is 0 Å². The fourth-order valence-corrected chi connectivity index (χ4v) is 0.995. The van der Waals surface area contributed by atoms with Crippen LogP contribution in [0.15, 0.2) is 0 Å². The number of unbranched alkanes of at least 4 members (excludes halogenated alkanes) is 1. The van der Waals surface area contributed by atoms with Crippen molar-refractivity contribution in [2.45, 2.75) is 32.3 Å². The summed E-state index contributed by atoms with van der Waals surface area (Å²) < 4.78 is 24.3. The lowest BCUT2D eigenvalue weighted by atomic mass is 10.2. The molecule has 0 spiro atoms. The van der Waals surface area contributed by atoms with E-state index < -0.39 is 17.1 Å². The van der Waals surface area contributed by atoms with Gasteiger partial charge in [-0.3, -0.25) is 4.18 Å². The molecule has 0 aliphatic rings. The third-order valence-corrected chi connectivity index (χ3v) is 1.60. The van der Waals surface area contributed by atoms with Gasteiger partial charge in [-0.15, -0.1) is 0 Å². The molecule has 1 atom stereocenters. The second kappa shape index (κ2) is 6.13. The summed E-state index contributed by atoms with van der Waals surface area (Å²) in [5.74, 6) is 0. The molecule has 4 nitrogen and oxygen atoms in total. The van der Waals surface area contributed by atoms with Gasteiger partial charge < -0.3 is 0 Å². The van der Waals surface area contributed by atoms with Gasteiger partial charge in [0.2, 0.25) is 0 Å². The summed E-state index contributed by atoms with van der Waals surface area (Å²) >= 11 is 0. The first-order chi connectivity index (χ1) is 5.20. The summed E-state index contributed by atoms with van der Waals surface area (Å²) in [6.07, 6.45) is 1.42. The van der Waals surface area contributed by atoms with Crippen LogP contribution in [0.1, 0.15) is 26.2 Å². The van der Waals surface area contributed by atoms with E-state index in [9.17, 15) is 8.42 Å². The second-order valence-electron chi connectivity index (χ2n) is 2.09. The van der Waals surface area contributed by atoms with Crippen molar-refractivity contribution in [3.63, 3.8) is 0 Å². The number of thiol groups is 1. The average Bonchev–Trinajstić information content (AvgIpc) is 1.97. The van der Waals surface area contributed by atoms with E-state index in [1.54, 1.807) is 6.07 Å². The minimum atomic E-state index is -2.88. The van der Waals surface area contributed by atoms with E-state index in [0.29, 0.717) is 6.42 Å². The molecule has 0 aliphatic heterocycles. The standard InChI is InChI=1S/C6H11NO3S/c1-2-3-4-6(5-7)10-11(8)9/h6,11H,2-4H2,1H3. The fraction of sp³-hybridized carbons (Fsp3) is 0.833. The Balaban J connectivity index is 3.69. The van der Waals surface area contributed by atoms with E-state index in [0.717, 1.165) is 12.8 Å². The molecule has 0 aromatic rings. The van der Waals surface area contributed by atoms with Gasteiger partial charge >= 0.3 is 0 Å². The molecule has 0 amide bonds. The summed E-state index contributed by atoms with van der Waals surface area (Å²) in [6.45, 7) is 1.96. The number of nitrogens with zero attached hydrogens (tertiary/aromatic N) is 1. The smallest absolute Gasteiger partial charge is 0.253 e. The Labute approximate surface area is 67.9 Å². The Bertz CT molecular complexity index is 198. The van der Waals surface area contributed by atoms with Crippen LogP contribution in [0.4, 0.5) is 0 Å². The van der Waals surface area contributed by atoms with Crippen molar-refractivity contribution in [2.75, 3.05) is 0 Å². The molecule has 0 fully saturated rings. The maximum absolute atomic E-state index is 10.00. The first-order valence-corrected chi connectivity index (χ1v) is 4.51. The molecule has 0 radical (unpaired) electrons. The van der Waals surface area contributed by atoms with Gasteiger partial charge in [0.25, 0.3) is 11.0 Å². The molecule has 0 bridgehead atoms. The zero-order chi connectivity index (χ0) is 8.69. The lowest BCUT2D eigenvalue weighted by Gasteiger charge is -2.02. The summed E-state index contributed by atoms with van der Waals surface area (Å²) in [5.41, 5.74) is 0. The monoisotopic (exact) mass is 177 g/mol. The van der Waals surface area contributed by atoms with Gasteiger partial charge in [0.15, 0.2) is 6.10 Å². The Morgan fingerprint density at radius 3 is 2.64 bits per heavy atom. The first-order valence-electron chi connectivity index (χ1n) is 3.41. The van der Waals surface area contributed by atoms with Crippen LogP contribution in [-0.4, -0.2) is 14.5 Å². The SMILES string of the molecule is CCCCC(C#N)O[SH](=O)=O. The molecular formula is C6H11NO3S. The van der Waals surface area contributed by atoms with Crippen molar-refractivity contribution in [3.8, 4) is 6.07 Å². The molecule has 64 valence electrons. The molecule has 0 saturated carbocycles. The van der Waals surface area contributed by atoms with Gasteiger partial charge in [-0.05, 0) is 6.42 Å². The summed E-state index contributed by atoms with van der Waals surface area (Å²) in [5, 5.41) is 8.36. The zero-order valence-electron chi connectivity index (χ0n) is 6.32. The first kappa shape index (κ1) is 10.4. The fourth-order valence-electron chi connectivity index (χ4n) is 0.634. The molecule has 0 N–H and O–H groups in total. The molecule has 0 aliphatic carbocycles. The van der Waals surface area contributed by atoms with E-state index in [2.05, 4.69) is 4.18 Å². The van der Waals surface area contributed by atoms with Crippen molar-refractivity contribution >= 4 is 11.0 Å². The lowest BCUT2D eigenvalue weighted by Crippen LogP contribution is -2.08. The summed E-state index contributed by atoms with van der Waals surface area (Å²) in [4.78, 5) is 0. The Hall–Kier alpha value is -0.600. The molecule has 0 saturated heterocycles. The van der Waals surface area contributed by atoms with Crippen LogP contribution in [0.25, 0.3) is 0 Å². The number of hydrogen-bond donors (Lipinski definition) is 1. The highest BCUT2D eigenvalue weighted by molar-refractivity contribution is 7.67. The quantitative estimate of drug-likeness (QED) is 0.625. The molecule has 0 aromatic heterocycles. The van der Waals surface area contributed by atoms with Crippen molar-refractivity contribution in [2.24, 2.45) is 0 Å². The Morgan fingerprint density at radius 2 is 2.27 bits per heavy atom. The van der Waals surface area contributed by atoms with Gasteiger partial charge in [-0.1, -0.05) is 19.8 Å². The second-order valence-corrected chi connectivity index (χ2v) is 2.75. The third kappa shape index (κ3) is 5.83. The third-order valence-electron chi connectivity index (χ3n) is 1.18. The van der Waals surface area contributed by atoms with Crippen LogP contribution in [0.2, 0.25) is 0 Å². The van der Waals surface area contributed by atoms with Gasteiger partial charge in [0.05, 0.1) is 6.07 Å². The number of hydrogen-bond acceptors (Lipinski definition) is 4. The largest absolute Gasteiger partial charge is 0.258 e. The number of nitriles is 1. The maximum atomic E-state index is 10.00. The topological polar surface area (TPSA) is 67.2 Å². The molecule has 1 unspecified atom stereocenters. The molecule has 0 rings (SSSR count). The highest BCUT2D eigenvalue weighted by Gasteiger charge is 2.06. The summed E-state index contributed by atoms with van der Waals surface area (Å²) in [7, 11) is -2.88. The van der Waals surface area contributed by atoms with Crippen LogP contribution >= 0.6 is 0 Å². The van der Waals surface area contributed by atoms with Crippen LogP contribution in [0, 0.1) is 11.3 Å². The summed E-state index contributed by atoms with van der Waals surface area (Å²) in [6, 6.07) is 1.76. The van der Waals surface area contributed by atoms with Crippen molar-refractivity contribution in [1.82, 2.24) is 0 Å². The van der Waals surface area contributed by atoms with Crippen molar-refractivity contribution in [1.29, 1.82) is 5.26 Å². The van der Waals surface area contributed by atoms with Crippen LogP contribution in [-0.2, 0) is 15.2 Å². The molecule has 0 heterocycles. The van der Waals surface area contributed by atoms with Gasteiger partial charge in [0, 0.05) is 0 Å². The molecule has 11 heavy (non-hydrogen) atoms. The van der Waals surface area contributed by atoms with E-state index in [-0.39, 0.29) is 0 Å². The lowest BCUT2D eigenvalue weighted by molar-refractivity contribution is 0.258. The predicted octanol–water partition coefficient (Wildman–Crippen LogP) is 0.612. The normalized spacial score (nSPS) is 12.8. The van der Waals surface area contributed by atoms with E-state index in [1.165, 1.54) is 0 Å². The van der Waals surface area contributed by atoms with Gasteiger partial charge in [-0.25, -0.2) is 8.42 Å². The highest BCUT2D eigenvalue weighted by atomic mass is 32.2. The highest BCUT2D eigenvalue weighted by Crippen LogP contribution is 2.03. The van der Waals surface area contributed by atoms with E-state index >= 15 is 0 Å². The van der Waals surface area contributed by atoms with Crippen LogP contribution in [0.5, 0.6) is 0 Å².